The topological polar surface area (TPSA) is 69.9 Å². The minimum absolute atomic E-state index is 0.198. The molecular formula is C27H22N2O4S2. The summed E-state index contributed by atoms with van der Waals surface area (Å²) in [4.78, 5) is 32.5. The van der Waals surface area contributed by atoms with Gasteiger partial charge in [0.1, 0.15) is 17.5 Å². The quantitative estimate of drug-likeness (QED) is 0.360. The third-order valence-corrected chi connectivity index (χ3v) is 7.37. The van der Waals surface area contributed by atoms with E-state index in [0.717, 1.165) is 16.2 Å². The molecule has 1 atom stereocenters. The summed E-state index contributed by atoms with van der Waals surface area (Å²) in [5, 5.41) is 1.93. The predicted octanol–water partition coefficient (Wildman–Crippen LogP) is 4.65. The summed E-state index contributed by atoms with van der Waals surface area (Å²) in [5.74, 6) is 0.962. The molecule has 3 heterocycles. The minimum atomic E-state index is -0.569. The number of fused-ring (bicyclic) bond motifs is 1. The van der Waals surface area contributed by atoms with Crippen LogP contribution in [0.1, 0.15) is 30.3 Å². The van der Waals surface area contributed by atoms with Crippen LogP contribution in [0.2, 0.25) is 0 Å². The third-order valence-electron chi connectivity index (χ3n) is 5.46. The van der Waals surface area contributed by atoms with Crippen molar-refractivity contribution in [1.29, 1.82) is 0 Å². The average Bonchev–Trinajstić information content (AvgIpc) is 3.48. The van der Waals surface area contributed by atoms with Crippen molar-refractivity contribution in [3.63, 3.8) is 0 Å². The number of benzene rings is 2. The molecule has 0 saturated carbocycles. The molecule has 0 spiro atoms. The van der Waals surface area contributed by atoms with E-state index in [1.165, 1.54) is 22.7 Å². The van der Waals surface area contributed by atoms with Crippen LogP contribution in [-0.2, 0) is 9.53 Å². The van der Waals surface area contributed by atoms with E-state index in [0.29, 0.717) is 26.4 Å². The molecule has 0 fully saturated rings. The summed E-state index contributed by atoms with van der Waals surface area (Å²) in [6.45, 7) is 3.80. The molecule has 0 saturated heterocycles. The summed E-state index contributed by atoms with van der Waals surface area (Å²) in [6.07, 6.45) is 1.83. The van der Waals surface area contributed by atoms with Gasteiger partial charge in [-0.25, -0.2) is 9.79 Å². The van der Waals surface area contributed by atoms with E-state index in [4.69, 9.17) is 9.47 Å². The molecule has 0 unspecified atom stereocenters. The van der Waals surface area contributed by atoms with Crippen LogP contribution in [0.5, 0.6) is 11.5 Å². The monoisotopic (exact) mass is 502 g/mol. The van der Waals surface area contributed by atoms with Crippen LogP contribution in [0.25, 0.3) is 6.08 Å². The lowest BCUT2D eigenvalue weighted by atomic mass is 10.0. The van der Waals surface area contributed by atoms with Crippen molar-refractivity contribution in [2.24, 2.45) is 4.99 Å². The summed E-state index contributed by atoms with van der Waals surface area (Å²) in [5.41, 5.74) is 1.59. The highest BCUT2D eigenvalue weighted by atomic mass is 32.1. The Kier molecular flexibility index (Phi) is 6.48. The van der Waals surface area contributed by atoms with Crippen LogP contribution in [0.4, 0.5) is 0 Å². The number of carbonyl (C=O) groups excluding carboxylic acids is 1. The van der Waals surface area contributed by atoms with E-state index in [-0.39, 0.29) is 12.2 Å². The molecule has 4 aromatic rings. The molecule has 6 nitrogen and oxygen atoms in total. The normalized spacial score (nSPS) is 15.5. The molecule has 1 aliphatic heterocycles. The molecule has 0 N–H and O–H groups in total. The van der Waals surface area contributed by atoms with Gasteiger partial charge in [-0.15, -0.1) is 11.3 Å². The number of nitrogens with zero attached hydrogens (tertiary/aromatic N) is 2. The number of rotatable bonds is 6. The van der Waals surface area contributed by atoms with Crippen LogP contribution >= 0.6 is 22.7 Å². The van der Waals surface area contributed by atoms with Gasteiger partial charge in [-0.05, 0) is 61.2 Å². The van der Waals surface area contributed by atoms with Gasteiger partial charge < -0.3 is 9.47 Å². The Morgan fingerprint density at radius 3 is 2.63 bits per heavy atom. The molecule has 35 heavy (non-hydrogen) atoms. The smallest absolute Gasteiger partial charge is 0.338 e. The number of hydrogen-bond donors (Lipinski definition) is 0. The lowest BCUT2D eigenvalue weighted by Crippen LogP contribution is -2.39. The van der Waals surface area contributed by atoms with Gasteiger partial charge in [0, 0.05) is 4.88 Å². The second-order valence-electron chi connectivity index (χ2n) is 7.81. The molecule has 0 amide bonds. The Morgan fingerprint density at radius 2 is 1.89 bits per heavy atom. The SMILES string of the molecule is CCOC(=O)C1=C(C)N=c2s/c(=C/c3cccc(Oc4ccccc4)c3)c(=O)n2[C@@H]1c1cccs1. The van der Waals surface area contributed by atoms with E-state index >= 15 is 0 Å². The van der Waals surface area contributed by atoms with Crippen LogP contribution in [0, 0.1) is 0 Å². The molecule has 1 aliphatic rings. The average molecular weight is 503 g/mol. The second kappa shape index (κ2) is 9.85. The summed E-state index contributed by atoms with van der Waals surface area (Å²) in [6, 6.07) is 20.4. The van der Waals surface area contributed by atoms with Gasteiger partial charge in [0.25, 0.3) is 5.56 Å². The van der Waals surface area contributed by atoms with Gasteiger partial charge in [-0.3, -0.25) is 9.36 Å². The van der Waals surface area contributed by atoms with Gasteiger partial charge in [-0.1, -0.05) is 47.7 Å². The first-order chi connectivity index (χ1) is 17.0. The number of thiazole rings is 1. The number of hydrogen-bond acceptors (Lipinski definition) is 7. The van der Waals surface area contributed by atoms with E-state index in [9.17, 15) is 9.59 Å². The molecule has 0 bridgehead atoms. The standard InChI is InChI=1S/C27H22N2O4S2/c1-3-32-26(31)23-17(2)28-27-29(24(23)21-13-8-14-34-21)25(30)22(35-27)16-18-9-7-12-20(15-18)33-19-10-5-4-6-11-19/h4-16,24H,3H2,1-2H3/b22-16+/t24-/m1/s1. The maximum atomic E-state index is 13.6. The number of ether oxygens (including phenoxy) is 2. The zero-order valence-corrected chi connectivity index (χ0v) is 20.8. The van der Waals surface area contributed by atoms with Gasteiger partial charge in [-0.2, -0.15) is 0 Å². The van der Waals surface area contributed by atoms with Crippen molar-refractivity contribution in [2.75, 3.05) is 6.61 Å². The zero-order chi connectivity index (χ0) is 24.4. The van der Waals surface area contributed by atoms with Crippen molar-refractivity contribution in [3.8, 4) is 11.5 Å². The van der Waals surface area contributed by atoms with Crippen molar-refractivity contribution in [3.05, 3.63) is 114 Å². The molecule has 176 valence electrons. The van der Waals surface area contributed by atoms with Gasteiger partial charge >= 0.3 is 5.97 Å². The highest BCUT2D eigenvalue weighted by Gasteiger charge is 2.33. The van der Waals surface area contributed by atoms with Gasteiger partial charge in [0.05, 0.1) is 22.4 Å². The van der Waals surface area contributed by atoms with Crippen molar-refractivity contribution in [1.82, 2.24) is 4.57 Å². The maximum Gasteiger partial charge on any atom is 0.338 e. The van der Waals surface area contributed by atoms with Crippen molar-refractivity contribution < 1.29 is 14.3 Å². The summed E-state index contributed by atoms with van der Waals surface area (Å²) in [7, 11) is 0. The predicted molar refractivity (Wildman–Crippen MR) is 138 cm³/mol. The highest BCUT2D eigenvalue weighted by molar-refractivity contribution is 7.10. The Hall–Kier alpha value is -3.75. The lowest BCUT2D eigenvalue weighted by molar-refractivity contribution is -0.139. The Bertz CT molecular complexity index is 1580. The maximum absolute atomic E-state index is 13.6. The fourth-order valence-electron chi connectivity index (χ4n) is 3.95. The van der Waals surface area contributed by atoms with Crippen LogP contribution in [0.3, 0.4) is 0 Å². The number of thiophene rings is 1. The lowest BCUT2D eigenvalue weighted by Gasteiger charge is -2.23. The zero-order valence-electron chi connectivity index (χ0n) is 19.1. The highest BCUT2D eigenvalue weighted by Crippen LogP contribution is 2.33. The molecule has 2 aromatic heterocycles. The first-order valence-corrected chi connectivity index (χ1v) is 12.8. The number of esters is 1. The molecule has 0 radical (unpaired) electrons. The summed E-state index contributed by atoms with van der Waals surface area (Å²) < 4.78 is 13.4. The second-order valence-corrected chi connectivity index (χ2v) is 9.79. The largest absolute Gasteiger partial charge is 0.463 e. The molecular weight excluding hydrogens is 480 g/mol. The van der Waals surface area contributed by atoms with Crippen LogP contribution in [-0.4, -0.2) is 17.1 Å². The van der Waals surface area contributed by atoms with Crippen molar-refractivity contribution in [2.45, 2.75) is 19.9 Å². The van der Waals surface area contributed by atoms with Gasteiger partial charge in [0.15, 0.2) is 4.80 Å². The van der Waals surface area contributed by atoms with Crippen molar-refractivity contribution >= 4 is 34.7 Å². The third kappa shape index (κ3) is 4.62. The molecule has 5 rings (SSSR count). The van der Waals surface area contributed by atoms with E-state index in [2.05, 4.69) is 4.99 Å². The van der Waals surface area contributed by atoms with Crippen LogP contribution in [0.15, 0.2) is 93.2 Å². The number of aromatic nitrogens is 1. The van der Waals surface area contributed by atoms with Crippen LogP contribution < -0.4 is 19.6 Å². The first-order valence-electron chi connectivity index (χ1n) is 11.1. The minimum Gasteiger partial charge on any atom is -0.463 e. The first kappa shape index (κ1) is 23.0. The fourth-order valence-corrected chi connectivity index (χ4v) is 5.82. The molecule has 8 heteroatoms. The fraction of sp³-hybridized carbons (Fsp3) is 0.148. The Balaban J connectivity index is 1.59. The van der Waals surface area contributed by atoms with E-state index < -0.39 is 12.0 Å². The number of carbonyl (C=O) groups is 1. The van der Waals surface area contributed by atoms with E-state index in [1.54, 1.807) is 18.4 Å². The number of para-hydroxylation sites is 1. The Morgan fingerprint density at radius 1 is 1.09 bits per heavy atom. The number of allylic oxidation sites excluding steroid dienone is 1. The molecule has 0 aliphatic carbocycles. The van der Waals surface area contributed by atoms with Gasteiger partial charge in [0.2, 0.25) is 0 Å². The summed E-state index contributed by atoms with van der Waals surface area (Å²) >= 11 is 2.80. The molecule has 2 aromatic carbocycles. The van der Waals surface area contributed by atoms with E-state index in [1.807, 2.05) is 78.2 Å². The Labute approximate surface area is 209 Å².